The van der Waals surface area contributed by atoms with E-state index < -0.39 is 22.5 Å². The number of methoxy groups -OCH3 is 2. The van der Waals surface area contributed by atoms with E-state index in [0.29, 0.717) is 5.75 Å². The van der Waals surface area contributed by atoms with Gasteiger partial charge in [0.2, 0.25) is 0 Å². The molecule has 0 aliphatic rings. The minimum absolute atomic E-state index is 0.0393. The molecule has 196 valence electrons. The van der Waals surface area contributed by atoms with Gasteiger partial charge in [-0.05, 0) is 55.8 Å². The standard InChI is InChI=1S/C27H32N4O5S/c1-5-30(6-2)22-14-12-21(13-15-22)19-28-29-27(32)20-31(37(33,34)24-10-8-7-9-11-24)25-17-16-23(35-3)18-26(25)36-4/h7-19H,5-6,20H2,1-4H3,(H,29,32)/b28-19-. The van der Waals surface area contributed by atoms with Crippen molar-refractivity contribution in [1.82, 2.24) is 5.43 Å². The van der Waals surface area contributed by atoms with Gasteiger partial charge in [0.15, 0.2) is 0 Å². The molecule has 3 aromatic rings. The molecule has 0 unspecified atom stereocenters. The van der Waals surface area contributed by atoms with Crippen molar-refractivity contribution in [2.24, 2.45) is 5.10 Å². The summed E-state index contributed by atoms with van der Waals surface area (Å²) in [6, 6.07) is 20.4. The molecule has 0 radical (unpaired) electrons. The lowest BCUT2D eigenvalue weighted by atomic mass is 10.2. The lowest BCUT2D eigenvalue weighted by Crippen LogP contribution is -2.39. The van der Waals surface area contributed by atoms with E-state index >= 15 is 0 Å². The Kier molecular flexibility index (Phi) is 9.51. The number of hydrogen-bond acceptors (Lipinski definition) is 7. The van der Waals surface area contributed by atoms with E-state index in [4.69, 9.17) is 9.47 Å². The minimum Gasteiger partial charge on any atom is -0.497 e. The molecule has 1 amide bonds. The fourth-order valence-electron chi connectivity index (χ4n) is 3.71. The second kappa shape index (κ2) is 12.8. The van der Waals surface area contributed by atoms with Gasteiger partial charge in [-0.1, -0.05) is 30.3 Å². The van der Waals surface area contributed by atoms with Gasteiger partial charge in [-0.3, -0.25) is 9.10 Å². The van der Waals surface area contributed by atoms with Crippen LogP contribution in [0.4, 0.5) is 11.4 Å². The normalized spacial score (nSPS) is 11.2. The van der Waals surface area contributed by atoms with Crippen LogP contribution in [0.1, 0.15) is 19.4 Å². The second-order valence-corrected chi connectivity index (χ2v) is 9.78. The number of sulfonamides is 1. The molecule has 0 spiro atoms. The van der Waals surface area contributed by atoms with Crippen LogP contribution in [-0.2, 0) is 14.8 Å². The Bertz CT molecular complexity index is 1310. The first kappa shape index (κ1) is 27.5. The Morgan fingerprint density at radius 1 is 0.946 bits per heavy atom. The maximum atomic E-state index is 13.5. The number of carbonyl (C=O) groups is 1. The Morgan fingerprint density at radius 2 is 1.62 bits per heavy atom. The van der Waals surface area contributed by atoms with E-state index in [1.165, 1.54) is 38.6 Å². The van der Waals surface area contributed by atoms with Crippen molar-refractivity contribution in [3.63, 3.8) is 0 Å². The molecule has 0 fully saturated rings. The van der Waals surface area contributed by atoms with Crippen LogP contribution in [0.5, 0.6) is 11.5 Å². The predicted octanol–water partition coefficient (Wildman–Crippen LogP) is 3.90. The number of benzene rings is 3. The average molecular weight is 525 g/mol. The van der Waals surface area contributed by atoms with Crippen molar-refractivity contribution in [2.75, 3.05) is 43.1 Å². The quantitative estimate of drug-likeness (QED) is 0.285. The summed E-state index contributed by atoms with van der Waals surface area (Å²) in [5, 5.41) is 4.02. The summed E-state index contributed by atoms with van der Waals surface area (Å²) in [6.45, 7) is 5.48. The summed E-state index contributed by atoms with van der Waals surface area (Å²) in [5.74, 6) is 0.107. The van der Waals surface area contributed by atoms with Crippen molar-refractivity contribution >= 4 is 33.5 Å². The highest BCUT2D eigenvalue weighted by atomic mass is 32.2. The average Bonchev–Trinajstić information content (AvgIpc) is 2.93. The lowest BCUT2D eigenvalue weighted by Gasteiger charge is -2.25. The number of carbonyl (C=O) groups excluding carboxylic acids is 1. The third kappa shape index (κ3) is 6.79. The van der Waals surface area contributed by atoms with Gasteiger partial charge < -0.3 is 14.4 Å². The summed E-state index contributed by atoms with van der Waals surface area (Å²) in [5.41, 5.74) is 4.51. The number of nitrogens with one attached hydrogen (secondary N) is 1. The minimum atomic E-state index is -4.10. The molecule has 10 heteroatoms. The highest BCUT2D eigenvalue weighted by Gasteiger charge is 2.29. The van der Waals surface area contributed by atoms with Crippen LogP contribution in [0.3, 0.4) is 0 Å². The molecule has 0 bridgehead atoms. The van der Waals surface area contributed by atoms with Crippen LogP contribution in [0, 0.1) is 0 Å². The number of ether oxygens (including phenoxy) is 2. The number of anilines is 2. The molecule has 37 heavy (non-hydrogen) atoms. The third-order valence-corrected chi connectivity index (χ3v) is 7.47. The monoisotopic (exact) mass is 524 g/mol. The van der Waals surface area contributed by atoms with Crippen molar-refractivity contribution in [1.29, 1.82) is 0 Å². The van der Waals surface area contributed by atoms with Gasteiger partial charge in [-0.2, -0.15) is 5.10 Å². The third-order valence-electron chi connectivity index (χ3n) is 5.70. The lowest BCUT2D eigenvalue weighted by molar-refractivity contribution is -0.119. The molecule has 0 aromatic heterocycles. The Morgan fingerprint density at radius 3 is 2.22 bits per heavy atom. The predicted molar refractivity (Wildman–Crippen MR) is 146 cm³/mol. The van der Waals surface area contributed by atoms with Gasteiger partial charge >= 0.3 is 0 Å². The van der Waals surface area contributed by atoms with Crippen LogP contribution in [0.2, 0.25) is 0 Å². The maximum Gasteiger partial charge on any atom is 0.264 e. The highest BCUT2D eigenvalue weighted by Crippen LogP contribution is 2.35. The first-order chi connectivity index (χ1) is 17.8. The zero-order valence-electron chi connectivity index (χ0n) is 21.4. The summed E-state index contributed by atoms with van der Waals surface area (Å²) < 4.78 is 38.7. The van der Waals surface area contributed by atoms with Crippen LogP contribution >= 0.6 is 0 Å². The molecule has 0 saturated carbocycles. The van der Waals surface area contributed by atoms with E-state index in [-0.39, 0.29) is 16.3 Å². The summed E-state index contributed by atoms with van der Waals surface area (Å²) in [4.78, 5) is 15.1. The van der Waals surface area contributed by atoms with Gasteiger partial charge in [0.25, 0.3) is 15.9 Å². The van der Waals surface area contributed by atoms with E-state index in [0.717, 1.165) is 28.6 Å². The van der Waals surface area contributed by atoms with Gasteiger partial charge in [-0.15, -0.1) is 0 Å². The Labute approximate surface area is 218 Å². The Hall–Kier alpha value is -4.05. The van der Waals surface area contributed by atoms with E-state index in [1.807, 2.05) is 24.3 Å². The van der Waals surface area contributed by atoms with Crippen molar-refractivity contribution < 1.29 is 22.7 Å². The number of hydrogen-bond donors (Lipinski definition) is 1. The summed E-state index contributed by atoms with van der Waals surface area (Å²) in [6.07, 6.45) is 1.51. The largest absolute Gasteiger partial charge is 0.497 e. The van der Waals surface area contributed by atoms with Crippen molar-refractivity contribution in [3.8, 4) is 11.5 Å². The zero-order chi connectivity index (χ0) is 26.8. The van der Waals surface area contributed by atoms with Gasteiger partial charge in [0.05, 0.1) is 31.0 Å². The van der Waals surface area contributed by atoms with Crippen molar-refractivity contribution in [3.05, 3.63) is 78.4 Å². The molecule has 0 aliphatic heterocycles. The molecule has 3 rings (SSSR count). The molecule has 3 aromatic carbocycles. The second-order valence-electron chi connectivity index (χ2n) is 7.92. The van der Waals surface area contributed by atoms with E-state index in [2.05, 4.69) is 29.3 Å². The molecular weight excluding hydrogens is 492 g/mol. The number of nitrogens with zero attached hydrogens (tertiary/aromatic N) is 3. The van der Waals surface area contributed by atoms with Crippen LogP contribution in [0.15, 0.2) is 82.8 Å². The molecule has 0 heterocycles. The number of rotatable bonds is 12. The fourth-order valence-corrected chi connectivity index (χ4v) is 5.17. The van der Waals surface area contributed by atoms with Crippen LogP contribution in [0.25, 0.3) is 0 Å². The molecule has 1 N–H and O–H groups in total. The van der Waals surface area contributed by atoms with Gasteiger partial charge in [-0.25, -0.2) is 13.8 Å². The van der Waals surface area contributed by atoms with Crippen LogP contribution in [-0.4, -0.2) is 54.4 Å². The van der Waals surface area contributed by atoms with Gasteiger partial charge in [0.1, 0.15) is 18.0 Å². The summed E-state index contributed by atoms with van der Waals surface area (Å²) >= 11 is 0. The zero-order valence-corrected chi connectivity index (χ0v) is 22.2. The molecular formula is C27H32N4O5S. The maximum absolute atomic E-state index is 13.5. The first-order valence-electron chi connectivity index (χ1n) is 11.8. The molecule has 0 saturated heterocycles. The van der Waals surface area contributed by atoms with E-state index in [9.17, 15) is 13.2 Å². The SMILES string of the molecule is CCN(CC)c1ccc(/C=N\NC(=O)CN(c2ccc(OC)cc2OC)S(=O)(=O)c2ccccc2)cc1. The fraction of sp³-hybridized carbons (Fsp3) is 0.259. The Balaban J connectivity index is 1.83. The number of hydrazone groups is 1. The smallest absolute Gasteiger partial charge is 0.264 e. The van der Waals surface area contributed by atoms with Crippen molar-refractivity contribution in [2.45, 2.75) is 18.7 Å². The van der Waals surface area contributed by atoms with Gasteiger partial charge in [0, 0.05) is 24.8 Å². The number of amides is 1. The van der Waals surface area contributed by atoms with E-state index in [1.54, 1.807) is 30.3 Å². The first-order valence-corrected chi connectivity index (χ1v) is 13.2. The topological polar surface area (TPSA) is 101 Å². The highest BCUT2D eigenvalue weighted by molar-refractivity contribution is 7.92. The molecule has 0 aliphatic carbocycles. The molecule has 0 atom stereocenters. The van der Waals surface area contributed by atoms with Crippen LogP contribution < -0.4 is 24.1 Å². The summed E-state index contributed by atoms with van der Waals surface area (Å²) in [7, 11) is -1.19. The molecule has 9 nitrogen and oxygen atoms in total.